The van der Waals surface area contributed by atoms with Gasteiger partial charge >= 0.3 is 6.18 Å². The van der Waals surface area contributed by atoms with E-state index in [2.05, 4.69) is 20.6 Å². The summed E-state index contributed by atoms with van der Waals surface area (Å²) < 4.78 is 38.2. The van der Waals surface area contributed by atoms with Gasteiger partial charge in [-0.15, -0.1) is 0 Å². The first-order chi connectivity index (χ1) is 9.38. The molecule has 0 amide bonds. The van der Waals surface area contributed by atoms with E-state index in [-0.39, 0.29) is 23.7 Å². The number of anilines is 2. The molecule has 0 aromatic carbocycles. The summed E-state index contributed by atoms with van der Waals surface area (Å²) in [6, 6.07) is 1.44. The van der Waals surface area contributed by atoms with Crippen molar-refractivity contribution in [2.45, 2.75) is 25.9 Å². The summed E-state index contributed by atoms with van der Waals surface area (Å²) in [6.45, 7) is 2.67. The van der Waals surface area contributed by atoms with Gasteiger partial charge in [-0.1, -0.05) is 0 Å². The molecule has 1 saturated carbocycles. The van der Waals surface area contributed by atoms with Crippen molar-refractivity contribution in [3.05, 3.63) is 11.9 Å². The van der Waals surface area contributed by atoms with Crippen LogP contribution in [0.2, 0.25) is 0 Å². The first-order valence-corrected chi connectivity index (χ1v) is 6.43. The van der Waals surface area contributed by atoms with E-state index in [1.54, 1.807) is 6.92 Å². The second-order valence-electron chi connectivity index (χ2n) is 5.00. The minimum absolute atomic E-state index is 0.0251. The third-order valence-corrected chi connectivity index (χ3v) is 3.27. The molecule has 0 spiro atoms. The molecule has 112 valence electrons. The molecule has 1 aromatic heterocycles. The monoisotopic (exact) mass is 290 g/mol. The molecule has 1 aliphatic carbocycles. The first kappa shape index (κ1) is 14.8. The lowest BCUT2D eigenvalue weighted by molar-refractivity contribution is -0.144. The van der Waals surface area contributed by atoms with E-state index < -0.39 is 12.0 Å². The first-order valence-electron chi connectivity index (χ1n) is 6.43. The molecule has 0 radical (unpaired) electrons. The van der Waals surface area contributed by atoms with Gasteiger partial charge in [0.2, 0.25) is 5.82 Å². The molecule has 0 atom stereocenters. The number of rotatable bonds is 6. The molecule has 20 heavy (non-hydrogen) atoms. The van der Waals surface area contributed by atoms with Gasteiger partial charge in [-0.3, -0.25) is 0 Å². The fourth-order valence-corrected chi connectivity index (χ4v) is 1.78. The van der Waals surface area contributed by atoms with E-state index in [9.17, 15) is 18.3 Å². The van der Waals surface area contributed by atoms with Crippen molar-refractivity contribution in [1.29, 1.82) is 0 Å². The molecule has 0 bridgehead atoms. The summed E-state index contributed by atoms with van der Waals surface area (Å²) in [6.07, 6.45) is -2.85. The number of aliphatic hydroxyl groups excluding tert-OH is 1. The predicted molar refractivity (Wildman–Crippen MR) is 68.4 cm³/mol. The molecule has 1 heterocycles. The fraction of sp³-hybridized carbons (Fsp3) is 0.667. The Bertz CT molecular complexity index is 474. The highest BCUT2D eigenvalue weighted by atomic mass is 19.4. The van der Waals surface area contributed by atoms with Crippen molar-refractivity contribution in [2.24, 2.45) is 5.41 Å². The zero-order valence-corrected chi connectivity index (χ0v) is 11.1. The Kier molecular flexibility index (Phi) is 4.03. The van der Waals surface area contributed by atoms with Crippen molar-refractivity contribution in [3.63, 3.8) is 0 Å². The molecular weight excluding hydrogens is 273 g/mol. The van der Waals surface area contributed by atoms with Gasteiger partial charge in [0.25, 0.3) is 0 Å². The topological polar surface area (TPSA) is 70.1 Å². The van der Waals surface area contributed by atoms with Crippen LogP contribution in [0.1, 0.15) is 25.6 Å². The van der Waals surface area contributed by atoms with Crippen LogP contribution in [0.25, 0.3) is 0 Å². The second-order valence-corrected chi connectivity index (χ2v) is 5.00. The lowest BCUT2D eigenvalue weighted by Gasteiger charge is -2.15. The van der Waals surface area contributed by atoms with Crippen molar-refractivity contribution in [1.82, 2.24) is 9.97 Å². The molecule has 1 aliphatic rings. The number of hydrogen-bond donors (Lipinski definition) is 3. The normalized spacial score (nSPS) is 16.9. The lowest BCUT2D eigenvalue weighted by Crippen LogP contribution is -2.21. The van der Waals surface area contributed by atoms with Crippen LogP contribution in [0.3, 0.4) is 0 Å². The van der Waals surface area contributed by atoms with E-state index in [0.29, 0.717) is 13.1 Å². The highest BCUT2D eigenvalue weighted by Crippen LogP contribution is 2.44. The smallest absolute Gasteiger partial charge is 0.396 e. The van der Waals surface area contributed by atoms with Gasteiger partial charge in [-0.2, -0.15) is 13.2 Å². The van der Waals surface area contributed by atoms with E-state index in [4.69, 9.17) is 0 Å². The van der Waals surface area contributed by atoms with Crippen molar-refractivity contribution in [3.8, 4) is 0 Å². The summed E-state index contributed by atoms with van der Waals surface area (Å²) in [5.74, 6) is -0.929. The van der Waals surface area contributed by atoms with E-state index >= 15 is 0 Å². The third kappa shape index (κ3) is 3.50. The number of nitrogens with one attached hydrogen (secondary N) is 2. The van der Waals surface area contributed by atoms with Crippen LogP contribution in [0.5, 0.6) is 0 Å². The minimum atomic E-state index is -4.59. The van der Waals surface area contributed by atoms with Gasteiger partial charge in [-0.25, -0.2) is 9.97 Å². The standard InChI is InChI=1S/C12H17F3N4O/c1-2-16-8-5-9(17-6-11(7-20)3-4-11)19-10(18-8)12(13,14)15/h5,20H,2-4,6-7H2,1H3,(H2,16,17,18,19). The van der Waals surface area contributed by atoms with Crippen molar-refractivity contribution < 1.29 is 18.3 Å². The lowest BCUT2D eigenvalue weighted by atomic mass is 10.1. The van der Waals surface area contributed by atoms with Gasteiger partial charge in [-0.05, 0) is 19.8 Å². The maximum atomic E-state index is 12.7. The Morgan fingerprint density at radius 3 is 2.30 bits per heavy atom. The SMILES string of the molecule is CCNc1cc(NCC2(CO)CC2)nc(C(F)(F)F)n1. The minimum Gasteiger partial charge on any atom is -0.396 e. The van der Waals surface area contributed by atoms with Gasteiger partial charge in [0.1, 0.15) is 11.6 Å². The maximum absolute atomic E-state index is 12.7. The van der Waals surface area contributed by atoms with Crippen molar-refractivity contribution in [2.75, 3.05) is 30.3 Å². The quantitative estimate of drug-likeness (QED) is 0.748. The number of alkyl halides is 3. The number of halogens is 3. The molecule has 8 heteroatoms. The Labute approximate surface area is 114 Å². The van der Waals surface area contributed by atoms with Crippen LogP contribution in [0.15, 0.2) is 6.07 Å². The van der Waals surface area contributed by atoms with E-state index in [1.807, 2.05) is 0 Å². The molecule has 0 unspecified atom stereocenters. The number of nitrogens with zero attached hydrogens (tertiary/aromatic N) is 2. The zero-order valence-electron chi connectivity index (χ0n) is 11.1. The molecule has 0 aliphatic heterocycles. The van der Waals surface area contributed by atoms with Gasteiger partial charge in [0.05, 0.1) is 6.61 Å². The molecule has 1 fully saturated rings. The summed E-state index contributed by atoms with van der Waals surface area (Å²) in [7, 11) is 0. The summed E-state index contributed by atoms with van der Waals surface area (Å²) >= 11 is 0. The Hall–Kier alpha value is -1.57. The third-order valence-electron chi connectivity index (χ3n) is 3.27. The van der Waals surface area contributed by atoms with Gasteiger partial charge in [0.15, 0.2) is 0 Å². The van der Waals surface area contributed by atoms with Crippen LogP contribution < -0.4 is 10.6 Å². The number of aromatic nitrogens is 2. The predicted octanol–water partition coefficient (Wildman–Crippen LogP) is 2.11. The number of hydrogen-bond acceptors (Lipinski definition) is 5. The van der Waals surface area contributed by atoms with Crippen LogP contribution in [-0.4, -0.2) is 34.8 Å². The van der Waals surface area contributed by atoms with Crippen LogP contribution in [0.4, 0.5) is 24.8 Å². The molecule has 3 N–H and O–H groups in total. The van der Waals surface area contributed by atoms with Gasteiger partial charge in [0, 0.05) is 24.6 Å². The number of aliphatic hydroxyl groups is 1. The zero-order chi connectivity index (χ0) is 14.8. The summed E-state index contributed by atoms with van der Waals surface area (Å²) in [4.78, 5) is 6.92. The highest BCUT2D eigenvalue weighted by molar-refractivity contribution is 5.48. The Morgan fingerprint density at radius 1 is 1.25 bits per heavy atom. The fourth-order valence-electron chi connectivity index (χ4n) is 1.78. The maximum Gasteiger partial charge on any atom is 0.451 e. The average Bonchev–Trinajstić information content (AvgIpc) is 3.16. The van der Waals surface area contributed by atoms with Gasteiger partial charge < -0.3 is 15.7 Å². The molecule has 0 saturated heterocycles. The molecule has 5 nitrogen and oxygen atoms in total. The average molecular weight is 290 g/mol. The van der Waals surface area contributed by atoms with E-state index in [1.165, 1.54) is 6.07 Å². The van der Waals surface area contributed by atoms with E-state index in [0.717, 1.165) is 12.8 Å². The second kappa shape index (κ2) is 5.43. The van der Waals surface area contributed by atoms with Crippen LogP contribution in [0, 0.1) is 5.41 Å². The summed E-state index contributed by atoms with van der Waals surface area (Å²) in [5.41, 5.74) is -0.207. The highest BCUT2D eigenvalue weighted by Gasteiger charge is 2.42. The van der Waals surface area contributed by atoms with Crippen molar-refractivity contribution >= 4 is 11.6 Å². The molecule has 2 rings (SSSR count). The molecule has 1 aromatic rings. The Morgan fingerprint density at radius 2 is 1.85 bits per heavy atom. The molecular formula is C12H17F3N4O. The largest absolute Gasteiger partial charge is 0.451 e. The Balaban J connectivity index is 2.16. The van der Waals surface area contributed by atoms with Crippen LogP contribution in [-0.2, 0) is 6.18 Å². The van der Waals surface area contributed by atoms with Crippen LogP contribution >= 0.6 is 0 Å². The summed E-state index contributed by atoms with van der Waals surface area (Å²) in [5, 5.41) is 14.8.